The summed E-state index contributed by atoms with van der Waals surface area (Å²) in [6.45, 7) is 1.68. The SMILES string of the molecule is CCOC(=O)Cc1cc(OC(F)(F)F)nc(OC)c1O. The molecule has 0 aliphatic carbocycles. The van der Waals surface area contributed by atoms with E-state index in [2.05, 4.69) is 19.2 Å². The van der Waals surface area contributed by atoms with Crippen LogP contribution in [0.2, 0.25) is 0 Å². The average Bonchev–Trinajstić information content (AvgIpc) is 2.31. The normalized spacial score (nSPS) is 11.1. The number of aromatic nitrogens is 1. The molecule has 1 aromatic heterocycles. The number of pyridine rings is 1. The van der Waals surface area contributed by atoms with Gasteiger partial charge in [-0.25, -0.2) is 0 Å². The van der Waals surface area contributed by atoms with Gasteiger partial charge in [-0.1, -0.05) is 0 Å². The van der Waals surface area contributed by atoms with Crippen molar-refractivity contribution in [3.05, 3.63) is 11.6 Å². The molecule has 0 saturated carbocycles. The number of esters is 1. The predicted octanol–water partition coefficient (Wildman–Crippen LogP) is 1.80. The molecule has 9 heteroatoms. The molecule has 0 aliphatic heterocycles. The second-order valence-electron chi connectivity index (χ2n) is 3.51. The minimum Gasteiger partial charge on any atom is -0.503 e. The van der Waals surface area contributed by atoms with Crippen molar-refractivity contribution >= 4 is 5.97 Å². The Morgan fingerprint density at radius 2 is 2.10 bits per heavy atom. The van der Waals surface area contributed by atoms with Crippen molar-refractivity contribution in [2.24, 2.45) is 0 Å². The van der Waals surface area contributed by atoms with Gasteiger partial charge in [0.05, 0.1) is 20.1 Å². The Kier molecular flexibility index (Phi) is 5.00. The molecule has 0 aromatic carbocycles. The maximum Gasteiger partial charge on any atom is 0.574 e. The minimum atomic E-state index is -4.95. The fourth-order valence-corrected chi connectivity index (χ4v) is 1.36. The number of carbonyl (C=O) groups is 1. The summed E-state index contributed by atoms with van der Waals surface area (Å²) in [6.07, 6.45) is -5.39. The highest BCUT2D eigenvalue weighted by atomic mass is 19.4. The number of rotatable bonds is 5. The topological polar surface area (TPSA) is 77.9 Å². The van der Waals surface area contributed by atoms with E-state index in [-0.39, 0.29) is 12.2 Å². The maximum atomic E-state index is 12.1. The first-order valence-electron chi connectivity index (χ1n) is 5.45. The third kappa shape index (κ3) is 4.48. The number of carbonyl (C=O) groups excluding carboxylic acids is 1. The van der Waals surface area contributed by atoms with E-state index in [0.717, 1.165) is 13.2 Å². The monoisotopic (exact) mass is 295 g/mol. The smallest absolute Gasteiger partial charge is 0.503 e. The number of aromatic hydroxyl groups is 1. The van der Waals surface area contributed by atoms with E-state index in [1.54, 1.807) is 6.92 Å². The standard InChI is InChI=1S/C11H12F3NO5/c1-3-19-8(16)5-6-4-7(20-11(12,13)14)15-10(18-2)9(6)17/h4,17H,3,5H2,1-2H3. The summed E-state index contributed by atoms with van der Waals surface area (Å²) in [7, 11) is 1.10. The van der Waals surface area contributed by atoms with Crippen molar-refractivity contribution in [3.63, 3.8) is 0 Å². The van der Waals surface area contributed by atoms with Crippen LogP contribution in [-0.2, 0) is 16.0 Å². The van der Waals surface area contributed by atoms with Crippen molar-refractivity contribution in [2.75, 3.05) is 13.7 Å². The van der Waals surface area contributed by atoms with Crippen LogP contribution in [0, 0.1) is 0 Å². The molecule has 0 atom stereocenters. The molecule has 6 nitrogen and oxygen atoms in total. The fraction of sp³-hybridized carbons (Fsp3) is 0.455. The predicted molar refractivity (Wildman–Crippen MR) is 59.5 cm³/mol. The van der Waals surface area contributed by atoms with Crippen molar-refractivity contribution in [3.8, 4) is 17.5 Å². The molecule has 0 spiro atoms. The molecule has 20 heavy (non-hydrogen) atoms. The van der Waals surface area contributed by atoms with E-state index in [9.17, 15) is 23.1 Å². The van der Waals surface area contributed by atoms with Crippen LogP contribution < -0.4 is 9.47 Å². The van der Waals surface area contributed by atoms with Crippen molar-refractivity contribution < 1.29 is 37.3 Å². The van der Waals surface area contributed by atoms with Crippen LogP contribution in [0.5, 0.6) is 17.5 Å². The summed E-state index contributed by atoms with van der Waals surface area (Å²) in [5.41, 5.74) is -0.144. The Labute approximate surface area is 112 Å². The van der Waals surface area contributed by atoms with E-state index in [1.807, 2.05) is 0 Å². The number of nitrogens with zero attached hydrogens (tertiary/aromatic N) is 1. The van der Waals surface area contributed by atoms with E-state index < -0.39 is 36.3 Å². The molecule has 1 heterocycles. The van der Waals surface area contributed by atoms with Crippen LogP contribution in [0.1, 0.15) is 12.5 Å². The summed E-state index contributed by atoms with van der Waals surface area (Å²) < 4.78 is 49.3. The van der Waals surface area contributed by atoms with Crippen LogP contribution in [0.4, 0.5) is 13.2 Å². The third-order valence-electron chi connectivity index (χ3n) is 2.07. The fourth-order valence-electron chi connectivity index (χ4n) is 1.36. The maximum absolute atomic E-state index is 12.1. The Balaban J connectivity index is 3.08. The largest absolute Gasteiger partial charge is 0.574 e. The van der Waals surface area contributed by atoms with E-state index >= 15 is 0 Å². The third-order valence-corrected chi connectivity index (χ3v) is 2.07. The number of halogens is 3. The first kappa shape index (κ1) is 15.9. The highest BCUT2D eigenvalue weighted by molar-refractivity contribution is 5.74. The average molecular weight is 295 g/mol. The molecule has 1 aromatic rings. The molecular formula is C11H12F3NO5. The van der Waals surface area contributed by atoms with Crippen LogP contribution in [0.3, 0.4) is 0 Å². The zero-order valence-electron chi connectivity index (χ0n) is 10.7. The van der Waals surface area contributed by atoms with Gasteiger partial charge in [-0.05, 0) is 6.92 Å². The minimum absolute atomic E-state index is 0.105. The zero-order valence-corrected chi connectivity index (χ0v) is 10.7. The van der Waals surface area contributed by atoms with Crippen molar-refractivity contribution in [1.82, 2.24) is 4.98 Å². The van der Waals surface area contributed by atoms with Gasteiger partial charge in [0, 0.05) is 11.6 Å². The number of hydrogen-bond donors (Lipinski definition) is 1. The van der Waals surface area contributed by atoms with Crippen molar-refractivity contribution in [2.45, 2.75) is 19.7 Å². The van der Waals surface area contributed by atoms with Crippen LogP contribution in [-0.4, -0.2) is 36.1 Å². The van der Waals surface area contributed by atoms with Crippen LogP contribution in [0.25, 0.3) is 0 Å². The number of hydrogen-bond acceptors (Lipinski definition) is 6. The summed E-state index contributed by atoms with van der Waals surface area (Å²) in [5, 5.41) is 9.70. The Bertz CT molecular complexity index is 490. The van der Waals surface area contributed by atoms with Gasteiger partial charge in [-0.3, -0.25) is 4.79 Å². The van der Waals surface area contributed by atoms with Gasteiger partial charge in [0.1, 0.15) is 0 Å². The molecule has 0 unspecified atom stereocenters. The van der Waals surface area contributed by atoms with Gasteiger partial charge < -0.3 is 19.3 Å². The molecule has 0 aliphatic rings. The van der Waals surface area contributed by atoms with Gasteiger partial charge in [0.25, 0.3) is 5.88 Å². The molecule has 1 N–H and O–H groups in total. The Morgan fingerprint density at radius 3 is 2.60 bits per heavy atom. The lowest BCUT2D eigenvalue weighted by molar-refractivity contribution is -0.276. The highest BCUT2D eigenvalue weighted by Crippen LogP contribution is 2.33. The Morgan fingerprint density at radius 1 is 1.45 bits per heavy atom. The van der Waals surface area contributed by atoms with Gasteiger partial charge in [0.2, 0.25) is 5.88 Å². The first-order valence-corrected chi connectivity index (χ1v) is 5.45. The first-order chi connectivity index (χ1) is 9.26. The van der Waals surface area contributed by atoms with Gasteiger partial charge in [-0.2, -0.15) is 4.98 Å². The number of ether oxygens (including phenoxy) is 3. The lowest BCUT2D eigenvalue weighted by atomic mass is 10.1. The lowest BCUT2D eigenvalue weighted by Gasteiger charge is -2.12. The van der Waals surface area contributed by atoms with Gasteiger partial charge >= 0.3 is 12.3 Å². The van der Waals surface area contributed by atoms with E-state index in [4.69, 9.17) is 0 Å². The number of alkyl halides is 3. The van der Waals surface area contributed by atoms with E-state index in [1.165, 1.54) is 0 Å². The van der Waals surface area contributed by atoms with Crippen LogP contribution >= 0.6 is 0 Å². The quantitative estimate of drug-likeness (QED) is 0.835. The highest BCUT2D eigenvalue weighted by Gasteiger charge is 2.32. The summed E-state index contributed by atoms with van der Waals surface area (Å²) in [6, 6.07) is 0.794. The molecule has 0 amide bonds. The molecule has 1 rings (SSSR count). The summed E-state index contributed by atoms with van der Waals surface area (Å²) in [5.74, 6) is -2.58. The molecule has 0 radical (unpaired) electrons. The Hall–Kier alpha value is -2.19. The van der Waals surface area contributed by atoms with Gasteiger partial charge in [0.15, 0.2) is 5.75 Å². The summed E-state index contributed by atoms with van der Waals surface area (Å²) >= 11 is 0. The van der Waals surface area contributed by atoms with Crippen molar-refractivity contribution in [1.29, 1.82) is 0 Å². The molecule has 0 fully saturated rings. The zero-order chi connectivity index (χ0) is 15.3. The molecule has 0 bridgehead atoms. The molecule has 0 saturated heterocycles. The van der Waals surface area contributed by atoms with Gasteiger partial charge in [-0.15, -0.1) is 13.2 Å². The van der Waals surface area contributed by atoms with E-state index in [0.29, 0.717) is 0 Å². The second-order valence-corrected chi connectivity index (χ2v) is 3.51. The number of methoxy groups -OCH3 is 1. The molecular weight excluding hydrogens is 283 g/mol. The second kappa shape index (κ2) is 6.31. The van der Waals surface area contributed by atoms with Crippen LogP contribution in [0.15, 0.2) is 6.07 Å². The molecule has 112 valence electrons. The summed E-state index contributed by atoms with van der Waals surface area (Å²) in [4.78, 5) is 14.6. The lowest BCUT2D eigenvalue weighted by Crippen LogP contribution is -2.18.